The molecule has 3 aromatic rings. The molecule has 0 aliphatic carbocycles. The maximum absolute atomic E-state index is 13.9. The number of pyridine rings is 1. The zero-order valence-corrected chi connectivity index (χ0v) is 17.6. The van der Waals surface area contributed by atoms with Gasteiger partial charge in [0, 0.05) is 36.6 Å². The lowest BCUT2D eigenvalue weighted by Gasteiger charge is -2.45. The Labute approximate surface area is 182 Å². The van der Waals surface area contributed by atoms with Gasteiger partial charge in [-0.15, -0.1) is 0 Å². The lowest BCUT2D eigenvalue weighted by molar-refractivity contribution is 0.0388. The third-order valence-corrected chi connectivity index (χ3v) is 6.40. The van der Waals surface area contributed by atoms with Crippen molar-refractivity contribution < 1.29 is 22.7 Å². The summed E-state index contributed by atoms with van der Waals surface area (Å²) in [5.41, 5.74) is 2.70. The number of aryl methyl sites for hydroxylation is 1. The van der Waals surface area contributed by atoms with E-state index < -0.39 is 17.5 Å². The number of fused-ring (bicyclic) bond motifs is 4. The molecule has 5 rings (SSSR count). The van der Waals surface area contributed by atoms with E-state index in [-0.39, 0.29) is 23.6 Å². The minimum Gasteiger partial charge on any atom is -0.496 e. The van der Waals surface area contributed by atoms with Crippen molar-refractivity contribution in [1.82, 2.24) is 19.7 Å². The van der Waals surface area contributed by atoms with Crippen molar-refractivity contribution in [3.05, 3.63) is 64.9 Å². The first kappa shape index (κ1) is 20.5. The van der Waals surface area contributed by atoms with Crippen molar-refractivity contribution in [1.29, 1.82) is 0 Å². The largest absolute Gasteiger partial charge is 0.496 e. The van der Waals surface area contributed by atoms with Crippen LogP contribution < -0.4 is 4.74 Å². The van der Waals surface area contributed by atoms with Gasteiger partial charge in [-0.1, -0.05) is 0 Å². The zero-order valence-electron chi connectivity index (χ0n) is 17.6. The molecule has 166 valence electrons. The first-order valence-electron chi connectivity index (χ1n) is 10.4. The van der Waals surface area contributed by atoms with Gasteiger partial charge in [0.1, 0.15) is 5.75 Å². The molecule has 2 aliphatic heterocycles. The Balaban J connectivity index is 1.60. The summed E-state index contributed by atoms with van der Waals surface area (Å²) in [5.74, 6) is -3.71. The normalized spacial score (nSPS) is 19.6. The van der Waals surface area contributed by atoms with E-state index in [1.807, 2.05) is 4.90 Å². The van der Waals surface area contributed by atoms with Gasteiger partial charge < -0.3 is 9.64 Å². The molecular formula is C23H21F3N4O2. The smallest absolute Gasteiger partial charge is 0.260 e. The lowest BCUT2D eigenvalue weighted by atomic mass is 9.81. The molecule has 32 heavy (non-hydrogen) atoms. The Hall–Kier alpha value is -3.36. The number of carbonyl (C=O) groups is 1. The van der Waals surface area contributed by atoms with Crippen LogP contribution in [0.15, 0.2) is 30.6 Å². The van der Waals surface area contributed by atoms with Gasteiger partial charge in [-0.3, -0.25) is 14.5 Å². The van der Waals surface area contributed by atoms with E-state index in [9.17, 15) is 18.0 Å². The summed E-state index contributed by atoms with van der Waals surface area (Å²) in [6.07, 6.45) is 6.01. The topological polar surface area (TPSA) is 60.2 Å². The van der Waals surface area contributed by atoms with Crippen molar-refractivity contribution in [3.63, 3.8) is 0 Å². The van der Waals surface area contributed by atoms with Gasteiger partial charge >= 0.3 is 0 Å². The average molecular weight is 442 g/mol. The summed E-state index contributed by atoms with van der Waals surface area (Å²) >= 11 is 0. The third-order valence-electron chi connectivity index (χ3n) is 6.40. The monoisotopic (exact) mass is 442 g/mol. The van der Waals surface area contributed by atoms with Gasteiger partial charge in [-0.05, 0) is 43.9 Å². The van der Waals surface area contributed by atoms with E-state index >= 15 is 0 Å². The van der Waals surface area contributed by atoms with Crippen molar-refractivity contribution in [2.45, 2.75) is 37.8 Å². The first-order chi connectivity index (χ1) is 15.4. The SMILES string of the molecule is COc1ccncc1C(=O)N1[C@H]2CCC[C@@H]1c1nn(C)c(-c3cc(F)c(F)c(F)c3)c1C2. The molecule has 0 radical (unpaired) electrons. The summed E-state index contributed by atoms with van der Waals surface area (Å²) in [4.78, 5) is 19.4. The van der Waals surface area contributed by atoms with Crippen LogP contribution in [0.2, 0.25) is 0 Å². The minimum absolute atomic E-state index is 0.100. The Kier molecular flexibility index (Phi) is 4.91. The molecule has 6 nitrogen and oxygen atoms in total. The van der Waals surface area contributed by atoms with E-state index in [0.717, 1.165) is 37.0 Å². The van der Waals surface area contributed by atoms with Crippen LogP contribution in [0, 0.1) is 17.5 Å². The number of hydrogen-bond donors (Lipinski definition) is 0. The van der Waals surface area contributed by atoms with E-state index in [1.165, 1.54) is 13.3 Å². The second kappa shape index (κ2) is 7.65. The summed E-state index contributed by atoms with van der Waals surface area (Å²) in [6, 6.07) is 3.25. The van der Waals surface area contributed by atoms with E-state index in [0.29, 0.717) is 29.1 Å². The van der Waals surface area contributed by atoms with Crippen LogP contribution in [0.4, 0.5) is 13.2 Å². The standard InChI is InChI=1S/C23H21F3N4O2/c1-29-22(12-8-16(24)20(26)17(25)9-12)14-10-13-4-3-5-18(21(14)28-29)30(13)23(31)15-11-27-7-6-19(15)32-2/h6-9,11,13,18H,3-5,10H2,1-2H3/t13-,18+/m0/s1. The fraction of sp³-hybridized carbons (Fsp3) is 0.348. The van der Waals surface area contributed by atoms with Crippen LogP contribution in [-0.2, 0) is 13.5 Å². The second-order valence-electron chi connectivity index (χ2n) is 8.18. The highest BCUT2D eigenvalue weighted by Gasteiger charge is 2.44. The highest BCUT2D eigenvalue weighted by Crippen LogP contribution is 2.45. The summed E-state index contributed by atoms with van der Waals surface area (Å²) in [5, 5.41) is 4.64. The van der Waals surface area contributed by atoms with Gasteiger partial charge in [0.25, 0.3) is 5.91 Å². The van der Waals surface area contributed by atoms with Crippen LogP contribution in [0.1, 0.15) is 46.9 Å². The van der Waals surface area contributed by atoms with E-state index in [1.54, 1.807) is 24.0 Å². The third kappa shape index (κ3) is 3.06. The fourth-order valence-electron chi connectivity index (χ4n) is 5.06. The number of nitrogens with zero attached hydrogens (tertiary/aromatic N) is 4. The van der Waals surface area contributed by atoms with Crippen molar-refractivity contribution >= 4 is 5.91 Å². The first-order valence-corrected chi connectivity index (χ1v) is 10.4. The Morgan fingerprint density at radius 3 is 2.66 bits per heavy atom. The molecule has 2 aliphatic rings. The van der Waals surface area contributed by atoms with Gasteiger partial charge in [-0.25, -0.2) is 13.2 Å². The molecule has 0 unspecified atom stereocenters. The molecule has 1 fully saturated rings. The highest BCUT2D eigenvalue weighted by atomic mass is 19.2. The maximum Gasteiger partial charge on any atom is 0.260 e. The second-order valence-corrected chi connectivity index (χ2v) is 8.18. The molecule has 1 saturated heterocycles. The predicted molar refractivity (Wildman–Crippen MR) is 110 cm³/mol. The molecular weight excluding hydrogens is 421 g/mol. The Bertz CT molecular complexity index is 1200. The van der Waals surface area contributed by atoms with Crippen LogP contribution in [0.5, 0.6) is 5.75 Å². The number of halogens is 3. The van der Waals surface area contributed by atoms with Crippen LogP contribution in [0.25, 0.3) is 11.3 Å². The van der Waals surface area contributed by atoms with Crippen LogP contribution in [-0.4, -0.2) is 38.7 Å². The molecule has 2 atom stereocenters. The number of ether oxygens (including phenoxy) is 1. The Morgan fingerprint density at radius 2 is 1.94 bits per heavy atom. The minimum atomic E-state index is -1.50. The van der Waals surface area contributed by atoms with E-state index in [4.69, 9.17) is 4.74 Å². The zero-order chi connectivity index (χ0) is 22.6. The number of carbonyl (C=O) groups excluding carboxylic acids is 1. The number of rotatable bonds is 3. The quantitative estimate of drug-likeness (QED) is 0.571. The van der Waals surface area contributed by atoms with Gasteiger partial charge in [0.05, 0.1) is 30.1 Å². The number of piperidine rings is 1. The molecule has 2 bridgehead atoms. The molecule has 9 heteroatoms. The van der Waals surface area contributed by atoms with Crippen molar-refractivity contribution in [2.24, 2.45) is 7.05 Å². The number of benzene rings is 1. The Morgan fingerprint density at radius 1 is 1.19 bits per heavy atom. The molecule has 4 heterocycles. The molecule has 0 N–H and O–H groups in total. The predicted octanol–water partition coefficient (Wildman–Crippen LogP) is 4.20. The van der Waals surface area contributed by atoms with Crippen LogP contribution in [0.3, 0.4) is 0 Å². The molecule has 1 aromatic carbocycles. The van der Waals surface area contributed by atoms with E-state index in [2.05, 4.69) is 10.1 Å². The summed E-state index contributed by atoms with van der Waals surface area (Å²) < 4.78 is 48.3. The average Bonchev–Trinajstić information content (AvgIpc) is 3.11. The lowest BCUT2D eigenvalue weighted by Crippen LogP contribution is -2.50. The number of aromatic nitrogens is 3. The number of methoxy groups -OCH3 is 1. The van der Waals surface area contributed by atoms with Gasteiger partial charge in [0.2, 0.25) is 0 Å². The highest BCUT2D eigenvalue weighted by molar-refractivity contribution is 5.97. The van der Waals surface area contributed by atoms with Gasteiger partial charge in [-0.2, -0.15) is 5.10 Å². The van der Waals surface area contributed by atoms with Crippen molar-refractivity contribution in [2.75, 3.05) is 7.11 Å². The molecule has 0 spiro atoms. The fourth-order valence-corrected chi connectivity index (χ4v) is 5.06. The number of amides is 1. The molecule has 2 aromatic heterocycles. The molecule has 1 amide bonds. The maximum atomic E-state index is 13.9. The summed E-state index contributed by atoms with van der Waals surface area (Å²) in [7, 11) is 3.19. The van der Waals surface area contributed by atoms with Crippen LogP contribution >= 0.6 is 0 Å². The molecule has 0 saturated carbocycles. The van der Waals surface area contributed by atoms with Crippen molar-refractivity contribution in [3.8, 4) is 17.0 Å². The van der Waals surface area contributed by atoms with Gasteiger partial charge in [0.15, 0.2) is 17.5 Å². The number of hydrogen-bond acceptors (Lipinski definition) is 4. The summed E-state index contributed by atoms with van der Waals surface area (Å²) in [6.45, 7) is 0.